The van der Waals surface area contributed by atoms with Crippen molar-refractivity contribution in [2.24, 2.45) is 5.92 Å². The summed E-state index contributed by atoms with van der Waals surface area (Å²) < 4.78 is 7.79. The van der Waals surface area contributed by atoms with E-state index in [-0.39, 0.29) is 12.0 Å². The number of amides is 1. The minimum atomic E-state index is 0.0976. The van der Waals surface area contributed by atoms with Crippen molar-refractivity contribution < 1.29 is 9.53 Å². The molecular weight excluding hydrogens is 520 g/mol. The topological polar surface area (TPSA) is 50.1 Å². The van der Waals surface area contributed by atoms with Crippen LogP contribution in [0.15, 0.2) is 66.9 Å². The molecule has 2 fully saturated rings. The lowest BCUT2D eigenvalue weighted by Gasteiger charge is -2.38. The fourth-order valence-corrected chi connectivity index (χ4v) is 6.47. The average Bonchev–Trinajstić information content (AvgIpc) is 3.35. The molecule has 0 unspecified atom stereocenters. The third kappa shape index (κ3) is 5.53. The largest absolute Gasteiger partial charge is 0.381 e. The van der Waals surface area contributed by atoms with Crippen molar-refractivity contribution in [3.05, 3.63) is 83.1 Å². The third-order valence-corrected chi connectivity index (χ3v) is 8.92. The molecule has 0 spiro atoms. The molecule has 6 nitrogen and oxygen atoms in total. The Hall–Kier alpha value is -3.19. The standard InChI is InChI=1S/C33H37ClN4O2/c1-23-10-12-24(13-11-23)32-30(38-21-26(14-15-31(38)35-32)28-8-3-4-9-29(28)34)22-36-16-18-37(19-17-36)33(39)25-6-5-7-27(20-25)40-2/h3-4,8-15,21,25,27H,5-7,16-20,22H2,1-2H3/t25-,27+/m0/s1. The Morgan fingerprint density at radius 2 is 1.73 bits per heavy atom. The van der Waals surface area contributed by atoms with Gasteiger partial charge in [-0.3, -0.25) is 9.69 Å². The molecule has 0 bridgehead atoms. The third-order valence-electron chi connectivity index (χ3n) is 8.59. The molecule has 208 valence electrons. The van der Waals surface area contributed by atoms with Gasteiger partial charge in [0.2, 0.25) is 5.91 Å². The SMILES string of the molecule is CO[C@@H]1CCC[C@H](C(=O)N2CCN(Cc3c(-c4ccc(C)cc4)nc4ccc(-c5ccccc5Cl)cn34)CC2)C1. The molecule has 2 atom stereocenters. The van der Waals surface area contributed by atoms with E-state index in [0.29, 0.717) is 5.91 Å². The van der Waals surface area contributed by atoms with E-state index in [4.69, 9.17) is 21.3 Å². The van der Waals surface area contributed by atoms with E-state index in [1.165, 1.54) is 5.56 Å². The van der Waals surface area contributed by atoms with E-state index in [0.717, 1.165) is 97.2 Å². The first kappa shape index (κ1) is 27.0. The quantitative estimate of drug-likeness (QED) is 0.273. The molecule has 1 amide bonds. The van der Waals surface area contributed by atoms with Gasteiger partial charge < -0.3 is 14.0 Å². The van der Waals surface area contributed by atoms with Gasteiger partial charge in [0.25, 0.3) is 0 Å². The van der Waals surface area contributed by atoms with E-state index >= 15 is 0 Å². The predicted octanol–water partition coefficient (Wildman–Crippen LogP) is 6.48. The predicted molar refractivity (Wildman–Crippen MR) is 160 cm³/mol. The lowest BCUT2D eigenvalue weighted by atomic mass is 9.86. The second kappa shape index (κ2) is 11.7. The van der Waals surface area contributed by atoms with Gasteiger partial charge in [-0.2, -0.15) is 0 Å². The highest BCUT2D eigenvalue weighted by Gasteiger charge is 2.32. The van der Waals surface area contributed by atoms with E-state index in [1.807, 2.05) is 18.2 Å². The van der Waals surface area contributed by atoms with Gasteiger partial charge >= 0.3 is 0 Å². The highest BCUT2D eigenvalue weighted by molar-refractivity contribution is 6.33. The molecule has 1 saturated heterocycles. The molecule has 3 heterocycles. The van der Waals surface area contributed by atoms with Crippen LogP contribution >= 0.6 is 11.6 Å². The number of pyridine rings is 1. The first-order chi connectivity index (χ1) is 19.5. The molecule has 0 radical (unpaired) electrons. The minimum Gasteiger partial charge on any atom is -0.381 e. The first-order valence-electron chi connectivity index (χ1n) is 14.4. The molecule has 1 aliphatic carbocycles. The zero-order valence-electron chi connectivity index (χ0n) is 23.4. The van der Waals surface area contributed by atoms with Crippen molar-refractivity contribution in [1.82, 2.24) is 19.2 Å². The van der Waals surface area contributed by atoms with Gasteiger partial charge in [0.05, 0.1) is 17.5 Å². The number of ether oxygens (including phenoxy) is 1. The van der Waals surface area contributed by atoms with Crippen molar-refractivity contribution in [1.29, 1.82) is 0 Å². The van der Waals surface area contributed by atoms with Gasteiger partial charge in [-0.1, -0.05) is 66.0 Å². The van der Waals surface area contributed by atoms with E-state index < -0.39 is 0 Å². The second-order valence-electron chi connectivity index (χ2n) is 11.2. The monoisotopic (exact) mass is 556 g/mol. The van der Waals surface area contributed by atoms with Crippen molar-refractivity contribution in [2.45, 2.75) is 45.3 Å². The second-order valence-corrected chi connectivity index (χ2v) is 11.6. The number of nitrogens with zero attached hydrogens (tertiary/aromatic N) is 4. The number of halogens is 1. The summed E-state index contributed by atoms with van der Waals surface area (Å²) in [6, 6.07) is 20.7. The lowest BCUT2D eigenvalue weighted by molar-refractivity contribution is -0.140. The fraction of sp³-hybridized carbons (Fsp3) is 0.394. The summed E-state index contributed by atoms with van der Waals surface area (Å²) >= 11 is 6.56. The number of hydrogen-bond donors (Lipinski definition) is 0. The Morgan fingerprint density at radius 3 is 2.48 bits per heavy atom. The van der Waals surface area contributed by atoms with Crippen LogP contribution in [0.4, 0.5) is 0 Å². The molecule has 1 saturated carbocycles. The summed E-state index contributed by atoms with van der Waals surface area (Å²) in [5.41, 5.74) is 7.48. The normalized spacial score (nSPS) is 20.2. The number of carbonyl (C=O) groups excluding carboxylic acids is 1. The number of benzene rings is 2. The Labute approximate surface area is 241 Å². The molecule has 40 heavy (non-hydrogen) atoms. The van der Waals surface area contributed by atoms with Crippen LogP contribution in [-0.2, 0) is 16.1 Å². The molecule has 2 aromatic heterocycles. The van der Waals surface area contributed by atoms with Gasteiger partial charge in [-0.25, -0.2) is 4.98 Å². The number of imidazole rings is 1. The van der Waals surface area contributed by atoms with E-state index in [1.54, 1.807) is 7.11 Å². The van der Waals surface area contributed by atoms with Crippen LogP contribution in [-0.4, -0.2) is 64.5 Å². The molecule has 7 heteroatoms. The molecular formula is C33H37ClN4O2. The maximum Gasteiger partial charge on any atom is 0.225 e. The fourth-order valence-electron chi connectivity index (χ4n) is 6.22. The molecule has 4 aromatic rings. The highest BCUT2D eigenvalue weighted by Crippen LogP contribution is 2.32. The van der Waals surface area contributed by atoms with Crippen LogP contribution in [0.1, 0.15) is 36.9 Å². The molecule has 1 aliphatic heterocycles. The van der Waals surface area contributed by atoms with Crippen LogP contribution in [0.2, 0.25) is 5.02 Å². The number of rotatable bonds is 6. The van der Waals surface area contributed by atoms with Gasteiger partial charge in [0.1, 0.15) is 5.65 Å². The number of hydrogen-bond acceptors (Lipinski definition) is 4. The van der Waals surface area contributed by atoms with Crippen LogP contribution in [0.25, 0.3) is 28.0 Å². The number of aromatic nitrogens is 2. The van der Waals surface area contributed by atoms with E-state index in [2.05, 4.69) is 69.8 Å². The van der Waals surface area contributed by atoms with Crippen molar-refractivity contribution >= 4 is 23.2 Å². The number of aryl methyl sites for hydroxylation is 1. The zero-order valence-corrected chi connectivity index (χ0v) is 24.1. The number of methoxy groups -OCH3 is 1. The smallest absolute Gasteiger partial charge is 0.225 e. The molecule has 0 N–H and O–H groups in total. The van der Waals surface area contributed by atoms with E-state index in [9.17, 15) is 4.79 Å². The van der Waals surface area contributed by atoms with Gasteiger partial charge in [0.15, 0.2) is 0 Å². The van der Waals surface area contributed by atoms with Crippen LogP contribution in [0, 0.1) is 12.8 Å². The summed E-state index contributed by atoms with van der Waals surface area (Å²) in [6.45, 7) is 6.07. The Morgan fingerprint density at radius 1 is 0.975 bits per heavy atom. The molecule has 2 aromatic carbocycles. The van der Waals surface area contributed by atoms with Gasteiger partial charge in [-0.05, 0) is 49.9 Å². The Kier molecular flexibility index (Phi) is 7.92. The average molecular weight is 557 g/mol. The minimum absolute atomic E-state index is 0.0976. The van der Waals surface area contributed by atoms with Crippen LogP contribution < -0.4 is 0 Å². The summed E-state index contributed by atoms with van der Waals surface area (Å²) in [6.07, 6.45) is 6.34. The number of carbonyl (C=O) groups is 1. The summed E-state index contributed by atoms with van der Waals surface area (Å²) in [5, 5.41) is 0.734. The maximum atomic E-state index is 13.3. The van der Waals surface area contributed by atoms with Crippen molar-refractivity contribution in [2.75, 3.05) is 33.3 Å². The van der Waals surface area contributed by atoms with Crippen molar-refractivity contribution in [3.63, 3.8) is 0 Å². The van der Waals surface area contributed by atoms with Gasteiger partial charge in [0, 0.05) is 68.1 Å². The number of fused-ring (bicyclic) bond motifs is 1. The molecule has 6 rings (SSSR count). The van der Waals surface area contributed by atoms with Crippen LogP contribution in [0.5, 0.6) is 0 Å². The molecule has 2 aliphatic rings. The van der Waals surface area contributed by atoms with Gasteiger partial charge in [-0.15, -0.1) is 0 Å². The Bertz CT molecular complexity index is 1490. The first-order valence-corrected chi connectivity index (χ1v) is 14.7. The Balaban J connectivity index is 1.26. The lowest BCUT2D eigenvalue weighted by Crippen LogP contribution is -2.50. The highest BCUT2D eigenvalue weighted by atomic mass is 35.5. The van der Waals surface area contributed by atoms with Crippen molar-refractivity contribution in [3.8, 4) is 22.4 Å². The maximum absolute atomic E-state index is 13.3. The summed E-state index contributed by atoms with van der Waals surface area (Å²) in [4.78, 5) is 22.9. The summed E-state index contributed by atoms with van der Waals surface area (Å²) in [7, 11) is 1.76. The summed E-state index contributed by atoms with van der Waals surface area (Å²) in [5.74, 6) is 0.404. The number of piperazine rings is 1. The van der Waals surface area contributed by atoms with Crippen LogP contribution in [0.3, 0.4) is 0 Å². The zero-order chi connectivity index (χ0) is 27.6.